The van der Waals surface area contributed by atoms with Gasteiger partial charge in [0.1, 0.15) is 6.10 Å². The molecule has 2 aliphatic rings. The lowest BCUT2D eigenvalue weighted by Crippen LogP contribution is -2.32. The monoisotopic (exact) mass is 237 g/mol. The highest BCUT2D eigenvalue weighted by atomic mass is 35.5. The average molecular weight is 238 g/mol. The van der Waals surface area contributed by atoms with E-state index >= 15 is 0 Å². The second-order valence-corrected chi connectivity index (χ2v) is 5.11. The Morgan fingerprint density at radius 1 is 1.19 bits per heavy atom. The molecule has 0 bridgehead atoms. The summed E-state index contributed by atoms with van der Waals surface area (Å²) in [5.41, 5.74) is 1.25. The van der Waals surface area contributed by atoms with Gasteiger partial charge in [0.15, 0.2) is 0 Å². The van der Waals surface area contributed by atoms with Crippen LogP contribution < -0.4 is 0 Å². The first-order valence-electron chi connectivity index (χ1n) is 6.02. The summed E-state index contributed by atoms with van der Waals surface area (Å²) in [5, 5.41) is 2.97. The SMILES string of the molecule is Clc1ccc([C@@H]2C[C@H]3CCCCN3O2)cc1. The molecule has 1 aromatic carbocycles. The average Bonchev–Trinajstić information content (AvgIpc) is 2.73. The lowest BCUT2D eigenvalue weighted by molar-refractivity contribution is -0.173. The van der Waals surface area contributed by atoms with Gasteiger partial charge in [-0.15, -0.1) is 0 Å². The van der Waals surface area contributed by atoms with Gasteiger partial charge in [0.25, 0.3) is 0 Å². The lowest BCUT2D eigenvalue weighted by Gasteiger charge is -2.26. The number of benzene rings is 1. The molecule has 2 fully saturated rings. The zero-order chi connectivity index (χ0) is 11.0. The van der Waals surface area contributed by atoms with Crippen molar-refractivity contribution >= 4 is 11.6 Å². The van der Waals surface area contributed by atoms with Crippen molar-refractivity contribution in [2.45, 2.75) is 37.8 Å². The third kappa shape index (κ3) is 1.97. The van der Waals surface area contributed by atoms with E-state index in [9.17, 15) is 0 Å². The zero-order valence-electron chi connectivity index (χ0n) is 9.23. The standard InChI is InChI=1S/C13H16ClNO/c14-11-6-4-10(5-7-11)13-9-12-3-1-2-8-15(12)16-13/h4-7,12-13H,1-3,8-9H2/t12-,13+/m1/s1. The normalized spacial score (nSPS) is 30.3. The van der Waals surface area contributed by atoms with E-state index in [0.29, 0.717) is 6.04 Å². The Kier molecular flexibility index (Phi) is 2.88. The number of hydrogen-bond donors (Lipinski definition) is 0. The van der Waals surface area contributed by atoms with Gasteiger partial charge < -0.3 is 0 Å². The molecule has 2 heterocycles. The van der Waals surface area contributed by atoms with Crippen LogP contribution >= 0.6 is 11.6 Å². The Balaban J connectivity index is 1.75. The number of hydroxylamine groups is 2. The molecule has 0 aromatic heterocycles. The van der Waals surface area contributed by atoms with Crippen molar-refractivity contribution in [3.05, 3.63) is 34.9 Å². The molecule has 2 nitrogen and oxygen atoms in total. The van der Waals surface area contributed by atoms with E-state index in [1.165, 1.54) is 24.8 Å². The molecule has 0 radical (unpaired) electrons. The molecular weight excluding hydrogens is 222 g/mol. The minimum absolute atomic E-state index is 0.236. The second kappa shape index (κ2) is 4.36. The molecule has 16 heavy (non-hydrogen) atoms. The van der Waals surface area contributed by atoms with Gasteiger partial charge in [0.05, 0.1) is 0 Å². The van der Waals surface area contributed by atoms with E-state index in [2.05, 4.69) is 17.2 Å². The molecule has 0 spiro atoms. The number of nitrogens with zero attached hydrogens (tertiary/aromatic N) is 1. The molecule has 0 N–H and O–H groups in total. The highest BCUT2D eigenvalue weighted by Gasteiger charge is 2.35. The first kappa shape index (κ1) is 10.6. The predicted octanol–water partition coefficient (Wildman–Crippen LogP) is 3.57. The summed E-state index contributed by atoms with van der Waals surface area (Å²) in [6.45, 7) is 1.09. The molecule has 0 saturated carbocycles. The van der Waals surface area contributed by atoms with Crippen molar-refractivity contribution in [1.29, 1.82) is 0 Å². The highest BCUT2D eigenvalue weighted by molar-refractivity contribution is 6.30. The Labute approximate surface area is 101 Å². The molecule has 2 atom stereocenters. The van der Waals surface area contributed by atoms with Crippen molar-refractivity contribution in [3.63, 3.8) is 0 Å². The topological polar surface area (TPSA) is 12.5 Å². The first-order valence-corrected chi connectivity index (χ1v) is 6.39. The van der Waals surface area contributed by atoms with Crippen LogP contribution in [0.2, 0.25) is 5.02 Å². The minimum Gasteiger partial charge on any atom is -0.291 e. The number of rotatable bonds is 1. The van der Waals surface area contributed by atoms with Gasteiger partial charge >= 0.3 is 0 Å². The summed E-state index contributed by atoms with van der Waals surface area (Å²) >= 11 is 5.89. The van der Waals surface area contributed by atoms with E-state index in [-0.39, 0.29) is 6.10 Å². The van der Waals surface area contributed by atoms with Crippen LogP contribution in [0.5, 0.6) is 0 Å². The van der Waals surface area contributed by atoms with Crippen molar-refractivity contribution in [2.24, 2.45) is 0 Å². The van der Waals surface area contributed by atoms with Gasteiger partial charge in [-0.05, 0) is 37.0 Å². The van der Waals surface area contributed by atoms with Crippen LogP contribution in [-0.2, 0) is 4.84 Å². The Morgan fingerprint density at radius 3 is 2.75 bits per heavy atom. The third-order valence-corrected chi connectivity index (χ3v) is 3.82. The maximum absolute atomic E-state index is 5.98. The maximum atomic E-state index is 5.98. The van der Waals surface area contributed by atoms with Crippen molar-refractivity contribution < 1.29 is 4.84 Å². The Bertz CT molecular complexity index is 351. The quantitative estimate of drug-likeness (QED) is 0.741. The summed E-state index contributed by atoms with van der Waals surface area (Å²) in [6, 6.07) is 8.67. The maximum Gasteiger partial charge on any atom is 0.106 e. The molecule has 1 aromatic rings. The molecule has 0 aliphatic carbocycles. The van der Waals surface area contributed by atoms with Gasteiger partial charge in [-0.25, -0.2) is 0 Å². The van der Waals surface area contributed by atoms with Crippen LogP contribution in [0.4, 0.5) is 0 Å². The predicted molar refractivity (Wildman–Crippen MR) is 64.2 cm³/mol. The fourth-order valence-electron chi connectivity index (χ4n) is 2.68. The van der Waals surface area contributed by atoms with E-state index < -0.39 is 0 Å². The van der Waals surface area contributed by atoms with E-state index in [0.717, 1.165) is 18.0 Å². The summed E-state index contributed by atoms with van der Waals surface area (Å²) in [7, 11) is 0. The largest absolute Gasteiger partial charge is 0.291 e. The smallest absolute Gasteiger partial charge is 0.106 e. The number of piperidine rings is 1. The molecule has 0 amide bonds. The van der Waals surface area contributed by atoms with E-state index in [1.54, 1.807) is 0 Å². The fraction of sp³-hybridized carbons (Fsp3) is 0.538. The summed E-state index contributed by atoms with van der Waals surface area (Å²) in [6.07, 6.45) is 5.26. The highest BCUT2D eigenvalue weighted by Crippen LogP contribution is 2.37. The molecule has 3 heteroatoms. The summed E-state index contributed by atoms with van der Waals surface area (Å²) < 4.78 is 0. The molecule has 86 valence electrons. The van der Waals surface area contributed by atoms with Gasteiger partial charge in [-0.2, -0.15) is 5.06 Å². The minimum atomic E-state index is 0.236. The van der Waals surface area contributed by atoms with Gasteiger partial charge in [0.2, 0.25) is 0 Å². The molecule has 0 unspecified atom stereocenters. The lowest BCUT2D eigenvalue weighted by atomic mass is 9.97. The summed E-state index contributed by atoms with van der Waals surface area (Å²) in [5.74, 6) is 0. The number of fused-ring (bicyclic) bond motifs is 1. The summed E-state index contributed by atoms with van der Waals surface area (Å²) in [4.78, 5) is 5.98. The third-order valence-electron chi connectivity index (χ3n) is 3.56. The van der Waals surface area contributed by atoms with Gasteiger partial charge in [-0.1, -0.05) is 30.2 Å². The van der Waals surface area contributed by atoms with Crippen molar-refractivity contribution in [3.8, 4) is 0 Å². The van der Waals surface area contributed by atoms with Crippen molar-refractivity contribution in [2.75, 3.05) is 6.54 Å². The van der Waals surface area contributed by atoms with Gasteiger partial charge in [-0.3, -0.25) is 4.84 Å². The van der Waals surface area contributed by atoms with Crippen LogP contribution in [0, 0.1) is 0 Å². The van der Waals surface area contributed by atoms with Gasteiger partial charge in [0, 0.05) is 17.6 Å². The molecule has 2 saturated heterocycles. The van der Waals surface area contributed by atoms with Crippen LogP contribution in [0.1, 0.15) is 37.4 Å². The second-order valence-electron chi connectivity index (χ2n) is 4.67. The first-order chi connectivity index (χ1) is 7.83. The van der Waals surface area contributed by atoms with Crippen LogP contribution in [0.3, 0.4) is 0 Å². The fourth-order valence-corrected chi connectivity index (χ4v) is 2.80. The Hall–Kier alpha value is -0.570. The zero-order valence-corrected chi connectivity index (χ0v) is 9.99. The molecule has 2 aliphatic heterocycles. The van der Waals surface area contributed by atoms with E-state index in [1.807, 2.05) is 12.1 Å². The Morgan fingerprint density at radius 2 is 2.00 bits per heavy atom. The molecule has 3 rings (SSSR count). The van der Waals surface area contributed by atoms with Crippen LogP contribution in [0.25, 0.3) is 0 Å². The van der Waals surface area contributed by atoms with Crippen molar-refractivity contribution in [1.82, 2.24) is 5.06 Å². The number of halogens is 1. The number of hydrogen-bond acceptors (Lipinski definition) is 2. The molecular formula is C13H16ClNO. The van der Waals surface area contributed by atoms with Crippen LogP contribution in [-0.4, -0.2) is 17.6 Å². The van der Waals surface area contributed by atoms with Crippen LogP contribution in [0.15, 0.2) is 24.3 Å². The van der Waals surface area contributed by atoms with E-state index in [4.69, 9.17) is 16.4 Å².